The number of benzene rings is 1. The largest absolute Gasteiger partial charge is 0.480 e. The zero-order valence-corrected chi connectivity index (χ0v) is 23.0. The standard InChI is InChI=1S/C22H27IN4O7S2/c23-13-5-3-4-12(8-13)19(30)25-10-17(28)26-15(21(32)33)6-1-2-7-27-18(29)9-16(20(27)31)36-22(34)14(24)11-35/h3-5,8,14-16,35H,1-2,6-7,9-11,24H2,(H,25,30)(H,26,28)(H,32,33)/t14-,15-,16?/m0/s1/i23+4. The van der Waals surface area contributed by atoms with Gasteiger partial charge in [0.05, 0.1) is 12.6 Å². The van der Waals surface area contributed by atoms with E-state index in [0.717, 1.165) is 20.2 Å². The van der Waals surface area contributed by atoms with E-state index in [1.165, 1.54) is 0 Å². The molecule has 4 amide bonds. The first-order valence-electron chi connectivity index (χ1n) is 11.0. The summed E-state index contributed by atoms with van der Waals surface area (Å²) in [6.45, 7) is -0.312. The lowest BCUT2D eigenvalue weighted by Gasteiger charge is -2.17. The summed E-state index contributed by atoms with van der Waals surface area (Å²) in [6.07, 6.45) is 0.595. The summed E-state index contributed by atoms with van der Waals surface area (Å²) in [7, 11) is 0. The molecule has 1 aromatic rings. The molecule has 2 rings (SSSR count). The van der Waals surface area contributed by atoms with Crippen molar-refractivity contribution in [3.05, 3.63) is 33.4 Å². The molecule has 196 valence electrons. The number of nitrogens with one attached hydrogen (secondary N) is 2. The van der Waals surface area contributed by atoms with Crippen LogP contribution in [0.25, 0.3) is 0 Å². The van der Waals surface area contributed by atoms with Crippen molar-refractivity contribution in [2.24, 2.45) is 5.73 Å². The average Bonchev–Trinajstić information content (AvgIpc) is 3.10. The van der Waals surface area contributed by atoms with Crippen LogP contribution in [0.2, 0.25) is 0 Å². The van der Waals surface area contributed by atoms with Crippen LogP contribution in [0.5, 0.6) is 0 Å². The molecule has 1 unspecified atom stereocenters. The zero-order valence-electron chi connectivity index (χ0n) is 19.1. The van der Waals surface area contributed by atoms with Crippen molar-refractivity contribution < 1.29 is 33.9 Å². The third-order valence-electron chi connectivity index (χ3n) is 5.21. The van der Waals surface area contributed by atoms with E-state index >= 15 is 0 Å². The van der Waals surface area contributed by atoms with Crippen molar-refractivity contribution in [3.63, 3.8) is 0 Å². The van der Waals surface area contributed by atoms with Gasteiger partial charge in [-0.1, -0.05) is 17.8 Å². The van der Waals surface area contributed by atoms with Crippen LogP contribution < -0.4 is 16.4 Å². The van der Waals surface area contributed by atoms with Gasteiger partial charge >= 0.3 is 5.97 Å². The predicted molar refractivity (Wildman–Crippen MR) is 144 cm³/mol. The second-order valence-electron chi connectivity index (χ2n) is 7.95. The number of likely N-dealkylation sites (tertiary alicyclic amines) is 1. The van der Waals surface area contributed by atoms with Crippen LogP contribution in [0.3, 0.4) is 0 Å². The Balaban J connectivity index is 1.76. The third kappa shape index (κ3) is 9.05. The number of nitrogens with zero attached hydrogens (tertiary/aromatic N) is 1. The molecule has 0 bridgehead atoms. The molecule has 36 heavy (non-hydrogen) atoms. The number of thiol groups is 1. The van der Waals surface area contributed by atoms with Gasteiger partial charge < -0.3 is 21.5 Å². The van der Waals surface area contributed by atoms with Crippen molar-refractivity contribution in [2.45, 2.75) is 43.0 Å². The molecule has 0 aliphatic carbocycles. The molecule has 1 heterocycles. The Morgan fingerprint density at radius 3 is 2.61 bits per heavy atom. The molecule has 1 aliphatic rings. The predicted octanol–water partition coefficient (Wildman–Crippen LogP) is 0.405. The Hall–Kier alpha value is -2.17. The van der Waals surface area contributed by atoms with Gasteiger partial charge in [-0.15, -0.1) is 0 Å². The van der Waals surface area contributed by atoms with Gasteiger partial charge in [0.15, 0.2) is 0 Å². The number of thioether (sulfide) groups is 1. The monoisotopic (exact) mass is 654 g/mol. The highest BCUT2D eigenvalue weighted by atomic mass is 131. The van der Waals surface area contributed by atoms with Crippen LogP contribution >= 0.6 is 47.0 Å². The molecule has 0 radical (unpaired) electrons. The van der Waals surface area contributed by atoms with E-state index in [1.807, 2.05) is 6.07 Å². The van der Waals surface area contributed by atoms with E-state index in [1.54, 1.807) is 18.2 Å². The number of nitrogens with two attached hydrogens (primary N) is 1. The van der Waals surface area contributed by atoms with Crippen molar-refractivity contribution >= 4 is 81.7 Å². The molecule has 0 aromatic heterocycles. The summed E-state index contributed by atoms with van der Waals surface area (Å²) in [5.74, 6) is -3.11. The summed E-state index contributed by atoms with van der Waals surface area (Å²) in [5.41, 5.74) is 5.98. The molecule has 14 heteroatoms. The van der Waals surface area contributed by atoms with E-state index in [-0.39, 0.29) is 31.7 Å². The smallest absolute Gasteiger partial charge is 0.326 e. The molecule has 1 aliphatic heterocycles. The van der Waals surface area contributed by atoms with Crippen molar-refractivity contribution in [1.82, 2.24) is 15.5 Å². The number of aliphatic carboxylic acids is 1. The number of hydrogen-bond donors (Lipinski definition) is 5. The first-order valence-corrected chi connectivity index (χ1v) is 13.6. The molecule has 3 atom stereocenters. The van der Waals surface area contributed by atoms with Crippen molar-refractivity contribution in [2.75, 3.05) is 18.8 Å². The number of carboxylic acid groups (broad SMARTS) is 1. The highest BCUT2D eigenvalue weighted by Crippen LogP contribution is 2.27. The lowest BCUT2D eigenvalue weighted by atomic mass is 10.1. The maximum absolute atomic E-state index is 12.5. The van der Waals surface area contributed by atoms with E-state index in [4.69, 9.17) is 5.73 Å². The topological polar surface area (TPSA) is 176 Å². The molecular weight excluding hydrogens is 627 g/mol. The summed E-state index contributed by atoms with van der Waals surface area (Å²) >= 11 is 6.74. The SMILES string of the molecule is N[C@@H](CS)C(=O)SC1CC(=O)N(CCCC[C@H](NC(=O)CNC(=O)c2cccc([131I])c2)C(=O)O)C1=O. The fraction of sp³-hybridized carbons (Fsp3) is 0.455. The van der Waals surface area contributed by atoms with E-state index in [9.17, 15) is 33.9 Å². The Morgan fingerprint density at radius 2 is 1.97 bits per heavy atom. The fourth-order valence-corrected chi connectivity index (χ4v) is 5.12. The van der Waals surface area contributed by atoms with Crippen LogP contribution in [0.1, 0.15) is 36.0 Å². The highest BCUT2D eigenvalue weighted by molar-refractivity contribution is 14.1. The minimum atomic E-state index is -1.24. The minimum absolute atomic E-state index is 0.0651. The first-order chi connectivity index (χ1) is 17.0. The molecule has 11 nitrogen and oxygen atoms in total. The number of carboxylic acids is 1. The van der Waals surface area contributed by atoms with Crippen molar-refractivity contribution in [1.29, 1.82) is 0 Å². The third-order valence-corrected chi connectivity index (χ3v) is 7.47. The van der Waals surface area contributed by atoms with Crippen LogP contribution in [0.15, 0.2) is 24.3 Å². The molecule has 1 saturated heterocycles. The zero-order chi connectivity index (χ0) is 26.8. The van der Waals surface area contributed by atoms with Gasteiger partial charge in [-0.25, -0.2) is 4.79 Å². The van der Waals surface area contributed by atoms with Crippen LogP contribution in [0, 0.1) is 3.57 Å². The Labute approximate surface area is 231 Å². The summed E-state index contributed by atoms with van der Waals surface area (Å²) < 4.78 is 0.855. The molecule has 0 spiro atoms. The second-order valence-corrected chi connectivity index (χ2v) is 10.8. The minimum Gasteiger partial charge on any atom is -0.480 e. The van der Waals surface area contributed by atoms with Crippen LogP contribution in [-0.2, 0) is 24.0 Å². The summed E-state index contributed by atoms with van der Waals surface area (Å²) in [5, 5.41) is 13.0. The Bertz CT molecular complexity index is 1030. The van der Waals surface area contributed by atoms with Gasteiger partial charge in [0.2, 0.25) is 22.8 Å². The Kier molecular flexibility index (Phi) is 12.1. The summed E-state index contributed by atoms with van der Waals surface area (Å²) in [4.78, 5) is 73.5. The van der Waals surface area contributed by atoms with Gasteiger partial charge in [-0.2, -0.15) is 12.6 Å². The number of carbonyl (C=O) groups excluding carboxylic acids is 5. The van der Waals surface area contributed by atoms with E-state index < -0.39 is 52.0 Å². The lowest BCUT2D eigenvalue weighted by Crippen LogP contribution is -2.45. The van der Waals surface area contributed by atoms with Crippen LogP contribution in [-0.4, -0.2) is 80.9 Å². The number of rotatable bonds is 13. The Morgan fingerprint density at radius 1 is 1.25 bits per heavy atom. The maximum atomic E-state index is 12.5. The maximum Gasteiger partial charge on any atom is 0.326 e. The van der Waals surface area contributed by atoms with E-state index in [0.29, 0.717) is 18.4 Å². The van der Waals surface area contributed by atoms with Crippen molar-refractivity contribution in [3.8, 4) is 0 Å². The van der Waals surface area contributed by atoms with Gasteiger partial charge in [0.25, 0.3) is 5.91 Å². The lowest BCUT2D eigenvalue weighted by molar-refractivity contribution is -0.142. The highest BCUT2D eigenvalue weighted by Gasteiger charge is 2.40. The number of carbonyl (C=O) groups is 6. The number of imide groups is 1. The first kappa shape index (κ1) is 30.1. The van der Waals surface area contributed by atoms with Gasteiger partial charge in [0.1, 0.15) is 11.3 Å². The van der Waals surface area contributed by atoms with Gasteiger partial charge in [-0.3, -0.25) is 28.9 Å². The molecular formula is C22H27IN4O7S2. The van der Waals surface area contributed by atoms with Gasteiger partial charge in [0, 0.05) is 27.9 Å². The molecule has 1 fully saturated rings. The fourth-order valence-electron chi connectivity index (χ4n) is 3.30. The number of unbranched alkanes of at least 4 members (excludes halogenated alkanes) is 1. The van der Waals surface area contributed by atoms with E-state index in [2.05, 4.69) is 45.9 Å². The van der Waals surface area contributed by atoms with Gasteiger partial charge in [-0.05, 0) is 60.1 Å². The normalized spacial score (nSPS) is 17.0. The quantitative estimate of drug-likeness (QED) is 0.0873. The molecule has 5 N–H and O–H groups in total. The molecule has 1 aromatic carbocycles. The molecule has 0 saturated carbocycles. The average molecular weight is 655 g/mol. The second kappa shape index (κ2) is 14.5. The summed E-state index contributed by atoms with van der Waals surface area (Å²) in [6, 6.07) is 4.75. The number of hydrogen-bond acceptors (Lipinski definition) is 9. The number of amides is 4. The van der Waals surface area contributed by atoms with Crippen LogP contribution in [0.4, 0.5) is 0 Å². The number of halogens is 1.